The number of rotatable bonds is 11. The molecule has 0 bridgehead atoms. The monoisotopic (exact) mass is 565 g/mol. The number of allylic oxidation sites excluding steroid dienone is 1. The lowest BCUT2D eigenvalue weighted by Gasteiger charge is -2.23. The molecule has 222 valence electrons. The first kappa shape index (κ1) is 33.7. The Kier molecular flexibility index (Phi) is 12.9. The number of carboxylic acid groups (broad SMARTS) is 1. The molecule has 13 nitrogen and oxygen atoms in total. The van der Waals surface area contributed by atoms with Gasteiger partial charge in [0.2, 0.25) is 0 Å². The first-order chi connectivity index (χ1) is 18.5. The standard InChI is InChI=1S/C27H39N3O10/c1-8-9-14-37-22(33)19(29-25(36)40-27(5,6)7)15-17-10-12-18(13-11-17)38-24(35)30-20(21(31)32)16-28-23(34)39-26(2,3)4/h8-13,19-20H,14-16H2,1-7H3,(H,28,34)(H,29,36)(H,30,35)(H,31,32)/b9-8-/t19-,20-/m0/s1. The van der Waals surface area contributed by atoms with E-state index in [1.807, 2.05) is 0 Å². The fourth-order valence-corrected chi connectivity index (χ4v) is 2.88. The van der Waals surface area contributed by atoms with E-state index in [1.54, 1.807) is 72.8 Å². The molecule has 13 heteroatoms. The summed E-state index contributed by atoms with van der Waals surface area (Å²) in [6.07, 6.45) is 0.721. The number of nitrogens with one attached hydrogen (secondary N) is 3. The molecule has 0 fully saturated rings. The second-order valence-corrected chi connectivity index (χ2v) is 10.6. The highest BCUT2D eigenvalue weighted by Crippen LogP contribution is 2.15. The molecule has 0 aliphatic heterocycles. The summed E-state index contributed by atoms with van der Waals surface area (Å²) in [4.78, 5) is 60.3. The van der Waals surface area contributed by atoms with Gasteiger partial charge in [-0.3, -0.25) is 0 Å². The number of carbonyl (C=O) groups excluding carboxylic acids is 4. The number of ether oxygens (including phenoxy) is 4. The summed E-state index contributed by atoms with van der Waals surface area (Å²) in [5.41, 5.74) is -0.948. The SMILES string of the molecule is C/C=C\COC(=O)[C@H](Cc1ccc(OC(=O)N[C@@H](CNC(=O)OC(C)(C)C)C(=O)O)cc1)NC(=O)OC(C)(C)C. The van der Waals surface area contributed by atoms with Crippen molar-refractivity contribution in [2.24, 2.45) is 0 Å². The summed E-state index contributed by atoms with van der Waals surface area (Å²) in [6.45, 7) is 11.4. The number of hydrogen-bond donors (Lipinski definition) is 4. The van der Waals surface area contributed by atoms with Crippen molar-refractivity contribution in [3.05, 3.63) is 42.0 Å². The van der Waals surface area contributed by atoms with E-state index >= 15 is 0 Å². The molecule has 0 radical (unpaired) electrons. The smallest absolute Gasteiger partial charge is 0.413 e. The zero-order valence-corrected chi connectivity index (χ0v) is 23.9. The molecular weight excluding hydrogens is 526 g/mol. The van der Waals surface area contributed by atoms with Crippen LogP contribution in [0.3, 0.4) is 0 Å². The van der Waals surface area contributed by atoms with Crippen molar-refractivity contribution < 1.29 is 48.0 Å². The Labute approximate surface area is 233 Å². The third-order valence-electron chi connectivity index (χ3n) is 4.55. The number of alkyl carbamates (subject to hydrolysis) is 2. The number of hydrogen-bond acceptors (Lipinski definition) is 9. The van der Waals surface area contributed by atoms with Crippen molar-refractivity contribution in [2.45, 2.75) is 78.2 Å². The maximum Gasteiger partial charge on any atom is 0.413 e. The lowest BCUT2D eigenvalue weighted by atomic mass is 10.1. The molecule has 2 atom stereocenters. The van der Waals surface area contributed by atoms with Crippen molar-refractivity contribution in [1.29, 1.82) is 0 Å². The maximum absolute atomic E-state index is 12.6. The first-order valence-electron chi connectivity index (χ1n) is 12.5. The molecule has 3 amide bonds. The highest BCUT2D eigenvalue weighted by molar-refractivity contribution is 5.82. The van der Waals surface area contributed by atoms with Gasteiger partial charge in [-0.05, 0) is 66.2 Å². The molecule has 0 heterocycles. The van der Waals surface area contributed by atoms with E-state index in [2.05, 4.69) is 16.0 Å². The average molecular weight is 566 g/mol. The minimum atomic E-state index is -1.48. The van der Waals surface area contributed by atoms with Gasteiger partial charge in [-0.2, -0.15) is 0 Å². The second kappa shape index (κ2) is 15.3. The predicted molar refractivity (Wildman–Crippen MR) is 144 cm³/mol. The number of carbonyl (C=O) groups is 5. The van der Waals surface area contributed by atoms with Gasteiger partial charge in [-0.1, -0.05) is 24.3 Å². The van der Waals surface area contributed by atoms with Crippen molar-refractivity contribution in [3.8, 4) is 5.75 Å². The van der Waals surface area contributed by atoms with E-state index in [0.29, 0.717) is 5.56 Å². The van der Waals surface area contributed by atoms with Gasteiger partial charge in [0.05, 0.1) is 6.54 Å². The zero-order chi connectivity index (χ0) is 30.5. The Morgan fingerprint density at radius 1 is 0.850 bits per heavy atom. The third kappa shape index (κ3) is 14.6. The van der Waals surface area contributed by atoms with Crippen LogP contribution in [0.4, 0.5) is 14.4 Å². The summed E-state index contributed by atoms with van der Waals surface area (Å²) in [6, 6.07) is 3.45. The lowest BCUT2D eigenvalue weighted by Crippen LogP contribution is -2.49. The molecule has 0 aliphatic rings. The van der Waals surface area contributed by atoms with Gasteiger partial charge >= 0.3 is 30.2 Å². The Hall–Kier alpha value is -4.29. The van der Waals surface area contributed by atoms with Crippen LogP contribution in [0.5, 0.6) is 5.75 Å². The van der Waals surface area contributed by atoms with Gasteiger partial charge in [0, 0.05) is 6.42 Å². The number of amides is 3. The molecule has 40 heavy (non-hydrogen) atoms. The molecule has 0 spiro atoms. The van der Waals surface area contributed by atoms with E-state index in [0.717, 1.165) is 0 Å². The van der Waals surface area contributed by atoms with Crippen LogP contribution >= 0.6 is 0 Å². The summed E-state index contributed by atoms with van der Waals surface area (Å²) < 4.78 is 20.6. The highest BCUT2D eigenvalue weighted by atomic mass is 16.6. The van der Waals surface area contributed by atoms with Crippen molar-refractivity contribution in [2.75, 3.05) is 13.2 Å². The molecular formula is C27H39N3O10. The van der Waals surface area contributed by atoms with Crippen LogP contribution in [0.1, 0.15) is 54.0 Å². The predicted octanol–water partition coefficient (Wildman–Crippen LogP) is 3.31. The van der Waals surface area contributed by atoms with E-state index in [1.165, 1.54) is 12.1 Å². The molecule has 0 saturated heterocycles. The van der Waals surface area contributed by atoms with Crippen molar-refractivity contribution >= 4 is 30.2 Å². The quantitative estimate of drug-likeness (QED) is 0.177. The minimum absolute atomic E-state index is 0.0361. The van der Waals surface area contributed by atoms with Crippen LogP contribution in [-0.4, -0.2) is 71.8 Å². The van der Waals surface area contributed by atoms with E-state index in [-0.39, 0.29) is 18.8 Å². The number of aliphatic carboxylic acids is 1. The summed E-state index contributed by atoms with van der Waals surface area (Å²) in [5, 5.41) is 16.3. The van der Waals surface area contributed by atoms with E-state index < -0.39 is 60.0 Å². The molecule has 0 aliphatic carbocycles. The first-order valence-corrected chi connectivity index (χ1v) is 12.5. The Bertz CT molecular complexity index is 1060. The second-order valence-electron chi connectivity index (χ2n) is 10.6. The normalized spacial score (nSPS) is 13.0. The van der Waals surface area contributed by atoms with Gasteiger partial charge in [0.1, 0.15) is 35.6 Å². The van der Waals surface area contributed by atoms with Gasteiger partial charge in [-0.15, -0.1) is 0 Å². The zero-order valence-electron chi connectivity index (χ0n) is 23.9. The Balaban J connectivity index is 2.80. The van der Waals surface area contributed by atoms with Crippen LogP contribution in [-0.2, 0) is 30.2 Å². The molecule has 1 aromatic carbocycles. The van der Waals surface area contributed by atoms with Crippen LogP contribution in [0.25, 0.3) is 0 Å². The molecule has 0 saturated carbocycles. The Morgan fingerprint density at radius 3 is 1.93 bits per heavy atom. The van der Waals surface area contributed by atoms with E-state index in [9.17, 15) is 29.1 Å². The van der Waals surface area contributed by atoms with Gasteiger partial charge < -0.3 is 40.0 Å². The molecule has 1 rings (SSSR count). The number of carboxylic acids is 1. The Morgan fingerprint density at radius 2 is 1.40 bits per heavy atom. The summed E-state index contributed by atoms with van der Waals surface area (Å²) >= 11 is 0. The van der Waals surface area contributed by atoms with E-state index in [4.69, 9.17) is 18.9 Å². The number of benzene rings is 1. The maximum atomic E-state index is 12.6. The van der Waals surface area contributed by atoms with Crippen LogP contribution in [0.15, 0.2) is 36.4 Å². The summed E-state index contributed by atoms with van der Waals surface area (Å²) in [7, 11) is 0. The van der Waals surface area contributed by atoms with Crippen molar-refractivity contribution in [1.82, 2.24) is 16.0 Å². The number of esters is 1. The third-order valence-corrected chi connectivity index (χ3v) is 4.55. The molecule has 1 aromatic rings. The minimum Gasteiger partial charge on any atom is -0.480 e. The largest absolute Gasteiger partial charge is 0.480 e. The molecule has 0 unspecified atom stereocenters. The van der Waals surface area contributed by atoms with Gasteiger partial charge in [0.25, 0.3) is 0 Å². The highest BCUT2D eigenvalue weighted by Gasteiger charge is 2.26. The van der Waals surface area contributed by atoms with Crippen LogP contribution in [0, 0.1) is 0 Å². The van der Waals surface area contributed by atoms with Gasteiger partial charge in [-0.25, -0.2) is 24.0 Å². The fourth-order valence-electron chi connectivity index (χ4n) is 2.88. The molecule has 0 aromatic heterocycles. The van der Waals surface area contributed by atoms with Crippen molar-refractivity contribution in [3.63, 3.8) is 0 Å². The average Bonchev–Trinajstić information content (AvgIpc) is 2.80. The topological polar surface area (TPSA) is 179 Å². The molecule has 4 N–H and O–H groups in total. The lowest BCUT2D eigenvalue weighted by molar-refractivity contribution is -0.145. The fraction of sp³-hybridized carbons (Fsp3) is 0.519. The van der Waals surface area contributed by atoms with Crippen LogP contribution in [0.2, 0.25) is 0 Å². The van der Waals surface area contributed by atoms with Crippen LogP contribution < -0.4 is 20.7 Å². The van der Waals surface area contributed by atoms with Gasteiger partial charge in [0.15, 0.2) is 0 Å². The summed E-state index contributed by atoms with van der Waals surface area (Å²) in [5.74, 6) is -1.98.